The Balaban J connectivity index is 2.03. The monoisotopic (exact) mass is 348 g/mol. The summed E-state index contributed by atoms with van der Waals surface area (Å²) < 4.78 is 0.927. The van der Waals surface area contributed by atoms with E-state index in [0.29, 0.717) is 17.2 Å². The molecule has 0 aliphatic rings. The maximum atomic E-state index is 12.0. The van der Waals surface area contributed by atoms with Crippen LogP contribution in [0.5, 0.6) is 0 Å². The Morgan fingerprint density at radius 2 is 1.57 bits per heavy atom. The molecule has 0 unspecified atom stereocenters. The number of halogens is 1. The normalized spacial score (nSPS) is 11.0. The van der Waals surface area contributed by atoms with Crippen molar-refractivity contribution >= 4 is 33.5 Å². The Bertz CT molecular complexity index is 618. The predicted octanol–water partition coefficient (Wildman–Crippen LogP) is 3.70. The molecular formula is C15H17BrN4O. The molecule has 0 atom stereocenters. The van der Waals surface area contributed by atoms with Crippen molar-refractivity contribution in [3.63, 3.8) is 0 Å². The first-order valence-electron chi connectivity index (χ1n) is 6.52. The third-order valence-electron chi connectivity index (χ3n) is 2.52. The number of carbonyl (C=O) groups is 1. The van der Waals surface area contributed by atoms with Gasteiger partial charge in [0.15, 0.2) is 5.82 Å². The minimum Gasteiger partial charge on any atom is -0.364 e. The molecule has 1 aromatic heterocycles. The van der Waals surface area contributed by atoms with Gasteiger partial charge in [0.1, 0.15) is 5.82 Å². The number of rotatable bonds is 3. The molecule has 110 valence electrons. The van der Waals surface area contributed by atoms with E-state index in [1.54, 1.807) is 24.3 Å². The molecule has 21 heavy (non-hydrogen) atoms. The van der Waals surface area contributed by atoms with E-state index in [2.05, 4.69) is 36.8 Å². The van der Waals surface area contributed by atoms with Crippen molar-refractivity contribution in [3.8, 4) is 0 Å². The molecule has 0 spiro atoms. The molecule has 2 N–H and O–H groups in total. The van der Waals surface area contributed by atoms with Crippen LogP contribution in [0.1, 0.15) is 31.1 Å². The number of hydrogen-bond acceptors (Lipinski definition) is 4. The quantitative estimate of drug-likeness (QED) is 0.887. The van der Waals surface area contributed by atoms with Gasteiger partial charge in [-0.1, -0.05) is 15.9 Å². The van der Waals surface area contributed by atoms with Crippen LogP contribution in [0.15, 0.2) is 40.9 Å². The van der Waals surface area contributed by atoms with Crippen LogP contribution in [0.3, 0.4) is 0 Å². The molecule has 0 saturated heterocycles. The molecule has 1 heterocycles. The van der Waals surface area contributed by atoms with E-state index in [9.17, 15) is 4.79 Å². The van der Waals surface area contributed by atoms with Crippen molar-refractivity contribution in [1.82, 2.24) is 10.2 Å². The van der Waals surface area contributed by atoms with Gasteiger partial charge in [0.25, 0.3) is 5.91 Å². The number of hydrogen-bond donors (Lipinski definition) is 2. The maximum Gasteiger partial charge on any atom is 0.256 e. The lowest BCUT2D eigenvalue weighted by atomic mass is 10.1. The summed E-state index contributed by atoms with van der Waals surface area (Å²) in [5, 5.41) is 14.0. The second kappa shape index (κ2) is 6.22. The Morgan fingerprint density at radius 3 is 2.10 bits per heavy atom. The van der Waals surface area contributed by atoms with Gasteiger partial charge in [-0.15, -0.1) is 10.2 Å². The van der Waals surface area contributed by atoms with Gasteiger partial charge in [-0.05, 0) is 57.2 Å². The fourth-order valence-electron chi connectivity index (χ4n) is 1.64. The Hall–Kier alpha value is -1.95. The Morgan fingerprint density at radius 1 is 1.00 bits per heavy atom. The average molecular weight is 349 g/mol. The van der Waals surface area contributed by atoms with Crippen LogP contribution < -0.4 is 10.6 Å². The fraction of sp³-hybridized carbons (Fsp3) is 0.267. The molecule has 2 aromatic rings. The fourth-order valence-corrected chi connectivity index (χ4v) is 1.90. The van der Waals surface area contributed by atoms with Gasteiger partial charge in [-0.2, -0.15) is 0 Å². The molecule has 2 rings (SSSR count). The third-order valence-corrected chi connectivity index (χ3v) is 3.04. The smallest absolute Gasteiger partial charge is 0.256 e. The number of anilines is 2. The zero-order chi connectivity index (χ0) is 15.5. The molecule has 5 nitrogen and oxygen atoms in total. The predicted molar refractivity (Wildman–Crippen MR) is 87.5 cm³/mol. The van der Waals surface area contributed by atoms with Crippen LogP contribution in [0, 0.1) is 0 Å². The van der Waals surface area contributed by atoms with Gasteiger partial charge in [-0.25, -0.2) is 0 Å². The summed E-state index contributed by atoms with van der Waals surface area (Å²) >= 11 is 3.33. The molecule has 0 radical (unpaired) electrons. The van der Waals surface area contributed by atoms with Crippen LogP contribution in [0.4, 0.5) is 11.6 Å². The molecule has 0 fully saturated rings. The highest BCUT2D eigenvalue weighted by Crippen LogP contribution is 2.14. The number of carbonyl (C=O) groups excluding carboxylic acids is 1. The summed E-state index contributed by atoms with van der Waals surface area (Å²) in [7, 11) is 0. The van der Waals surface area contributed by atoms with E-state index in [1.165, 1.54) is 0 Å². The summed E-state index contributed by atoms with van der Waals surface area (Å²) in [6.45, 7) is 6.12. The number of nitrogens with one attached hydrogen (secondary N) is 2. The van der Waals surface area contributed by atoms with Crippen LogP contribution in [0.2, 0.25) is 0 Å². The summed E-state index contributed by atoms with van der Waals surface area (Å²) in [6.07, 6.45) is 0. The summed E-state index contributed by atoms with van der Waals surface area (Å²) in [6, 6.07) is 10.6. The number of nitrogens with zero attached hydrogens (tertiary/aromatic N) is 2. The zero-order valence-electron chi connectivity index (χ0n) is 12.1. The first-order chi connectivity index (χ1) is 9.83. The number of amides is 1. The van der Waals surface area contributed by atoms with Crippen molar-refractivity contribution in [1.29, 1.82) is 0 Å². The second-order valence-electron chi connectivity index (χ2n) is 5.64. The van der Waals surface area contributed by atoms with Crippen LogP contribution >= 0.6 is 15.9 Å². The van der Waals surface area contributed by atoms with E-state index in [1.807, 2.05) is 32.9 Å². The molecule has 1 amide bonds. The first-order valence-corrected chi connectivity index (χ1v) is 7.32. The van der Waals surface area contributed by atoms with E-state index < -0.39 is 0 Å². The van der Waals surface area contributed by atoms with Gasteiger partial charge >= 0.3 is 0 Å². The third kappa shape index (κ3) is 4.82. The molecule has 0 aliphatic carbocycles. The molecule has 0 bridgehead atoms. The topological polar surface area (TPSA) is 66.9 Å². The van der Waals surface area contributed by atoms with Gasteiger partial charge in [-0.3, -0.25) is 4.79 Å². The van der Waals surface area contributed by atoms with Gasteiger partial charge in [0.2, 0.25) is 0 Å². The van der Waals surface area contributed by atoms with Gasteiger partial charge < -0.3 is 10.6 Å². The molecule has 6 heteroatoms. The second-order valence-corrected chi connectivity index (χ2v) is 6.56. The highest BCUT2D eigenvalue weighted by molar-refractivity contribution is 9.10. The molecular weight excluding hydrogens is 332 g/mol. The first kappa shape index (κ1) is 15.4. The summed E-state index contributed by atoms with van der Waals surface area (Å²) in [4.78, 5) is 12.0. The highest BCUT2D eigenvalue weighted by atomic mass is 79.9. The van der Waals surface area contributed by atoms with Gasteiger partial charge in [0, 0.05) is 15.6 Å². The van der Waals surface area contributed by atoms with E-state index in [0.717, 1.165) is 4.47 Å². The summed E-state index contributed by atoms with van der Waals surface area (Å²) in [5.41, 5.74) is 0.480. The van der Waals surface area contributed by atoms with Crippen molar-refractivity contribution in [2.45, 2.75) is 26.3 Å². The van der Waals surface area contributed by atoms with Crippen LogP contribution in [-0.4, -0.2) is 21.6 Å². The minimum atomic E-state index is -0.215. The van der Waals surface area contributed by atoms with E-state index >= 15 is 0 Å². The SMILES string of the molecule is CC(C)(C)Nc1ccc(NC(=O)c2ccc(Br)cc2)nn1. The Kier molecular flexibility index (Phi) is 4.57. The van der Waals surface area contributed by atoms with E-state index in [-0.39, 0.29) is 11.4 Å². The highest BCUT2D eigenvalue weighted by Gasteiger charge is 2.11. The number of aromatic nitrogens is 2. The lowest BCUT2D eigenvalue weighted by molar-refractivity contribution is 0.102. The van der Waals surface area contributed by atoms with Gasteiger partial charge in [0.05, 0.1) is 0 Å². The van der Waals surface area contributed by atoms with E-state index in [4.69, 9.17) is 0 Å². The average Bonchev–Trinajstić information content (AvgIpc) is 2.40. The summed E-state index contributed by atoms with van der Waals surface area (Å²) in [5.74, 6) is 0.875. The standard InChI is InChI=1S/C15H17BrN4O/c1-15(2,3)18-13-9-8-12(19-20-13)17-14(21)10-4-6-11(16)7-5-10/h4-9H,1-3H3,(H,18,20)(H,17,19,21). The molecule has 1 aromatic carbocycles. The van der Waals surface area contributed by atoms with Crippen molar-refractivity contribution in [2.75, 3.05) is 10.6 Å². The Labute approximate surface area is 132 Å². The largest absolute Gasteiger partial charge is 0.364 e. The van der Waals surface area contributed by atoms with Crippen molar-refractivity contribution in [2.24, 2.45) is 0 Å². The molecule has 0 aliphatic heterocycles. The number of benzene rings is 1. The van der Waals surface area contributed by atoms with Crippen LogP contribution in [-0.2, 0) is 0 Å². The lowest BCUT2D eigenvalue weighted by Crippen LogP contribution is -2.26. The lowest BCUT2D eigenvalue weighted by Gasteiger charge is -2.20. The van der Waals surface area contributed by atoms with Crippen LogP contribution in [0.25, 0.3) is 0 Å². The van der Waals surface area contributed by atoms with Crippen molar-refractivity contribution < 1.29 is 4.79 Å². The van der Waals surface area contributed by atoms with Crippen molar-refractivity contribution in [3.05, 3.63) is 46.4 Å². The zero-order valence-corrected chi connectivity index (χ0v) is 13.7. The molecule has 0 saturated carbocycles. The minimum absolute atomic E-state index is 0.0864. The maximum absolute atomic E-state index is 12.0.